The summed E-state index contributed by atoms with van der Waals surface area (Å²) in [6.45, 7) is 13.4. The van der Waals surface area contributed by atoms with Crippen LogP contribution in [0.1, 0.15) is 71.8 Å². The van der Waals surface area contributed by atoms with E-state index in [0.29, 0.717) is 33.4 Å². The summed E-state index contributed by atoms with van der Waals surface area (Å²) in [7, 11) is 0. The predicted octanol–water partition coefficient (Wildman–Crippen LogP) is 7.89. The number of halogens is 3. The number of rotatable bonds is 8. The minimum atomic E-state index is -0.624. The van der Waals surface area contributed by atoms with Crippen molar-refractivity contribution in [3.05, 3.63) is 70.1 Å². The SMILES string of the molecule is CC.CC(C)C[C@@H](CC(=O)OC(C)(C)C)NC(=O)c1cc(-c2c(Cl)cccc2Cl)n(-c2ccc(F)cc2)n1. The second kappa shape index (κ2) is 13.8. The van der Waals surface area contributed by atoms with Crippen LogP contribution in [0.4, 0.5) is 4.39 Å². The number of hydrogen-bond donors (Lipinski definition) is 1. The monoisotopic (exact) mass is 563 g/mol. The van der Waals surface area contributed by atoms with Crippen molar-refractivity contribution in [1.29, 1.82) is 0 Å². The average molecular weight is 565 g/mol. The summed E-state index contributed by atoms with van der Waals surface area (Å²) in [6, 6.07) is 11.9. The molecule has 0 spiro atoms. The van der Waals surface area contributed by atoms with Crippen molar-refractivity contribution in [2.45, 2.75) is 73.0 Å². The van der Waals surface area contributed by atoms with Gasteiger partial charge in [-0.25, -0.2) is 9.07 Å². The first-order valence-corrected chi connectivity index (χ1v) is 13.4. The molecule has 1 heterocycles. The molecule has 206 valence electrons. The molecule has 1 amide bonds. The highest BCUT2D eigenvalue weighted by atomic mass is 35.5. The lowest BCUT2D eigenvalue weighted by atomic mass is 10.0. The quantitative estimate of drug-likeness (QED) is 0.283. The molecule has 1 N–H and O–H groups in total. The summed E-state index contributed by atoms with van der Waals surface area (Å²) in [5, 5.41) is 8.16. The molecule has 0 bridgehead atoms. The van der Waals surface area contributed by atoms with Gasteiger partial charge in [0.15, 0.2) is 5.69 Å². The van der Waals surface area contributed by atoms with E-state index in [2.05, 4.69) is 10.4 Å². The van der Waals surface area contributed by atoms with Gasteiger partial charge in [-0.05, 0) is 75.6 Å². The molecule has 3 rings (SSSR count). The lowest BCUT2D eigenvalue weighted by Crippen LogP contribution is -2.39. The Morgan fingerprint density at radius 1 is 1.05 bits per heavy atom. The topological polar surface area (TPSA) is 73.2 Å². The molecule has 0 radical (unpaired) electrons. The van der Waals surface area contributed by atoms with Crippen LogP contribution in [0, 0.1) is 11.7 Å². The number of ether oxygens (including phenoxy) is 1. The van der Waals surface area contributed by atoms with Gasteiger partial charge in [-0.2, -0.15) is 5.10 Å². The van der Waals surface area contributed by atoms with Crippen LogP contribution < -0.4 is 5.32 Å². The van der Waals surface area contributed by atoms with Gasteiger partial charge in [-0.1, -0.05) is 57.0 Å². The minimum Gasteiger partial charge on any atom is -0.460 e. The van der Waals surface area contributed by atoms with Gasteiger partial charge in [0.05, 0.1) is 27.8 Å². The molecule has 0 saturated heterocycles. The number of hydrogen-bond acceptors (Lipinski definition) is 4. The van der Waals surface area contributed by atoms with Crippen molar-refractivity contribution in [2.75, 3.05) is 0 Å². The molecule has 3 aromatic rings. The number of nitrogens with zero attached hydrogens (tertiary/aromatic N) is 2. The first-order chi connectivity index (χ1) is 17.8. The Kier molecular flexibility index (Phi) is 11.3. The van der Waals surface area contributed by atoms with Crippen LogP contribution in [0.2, 0.25) is 10.0 Å². The fourth-order valence-corrected chi connectivity index (χ4v) is 4.39. The molecule has 0 aliphatic rings. The van der Waals surface area contributed by atoms with E-state index in [1.807, 2.05) is 27.7 Å². The van der Waals surface area contributed by atoms with E-state index in [4.69, 9.17) is 27.9 Å². The predicted molar refractivity (Wildman–Crippen MR) is 151 cm³/mol. The second-order valence-electron chi connectivity index (χ2n) is 9.99. The molecule has 0 saturated carbocycles. The molecular formula is C29H36Cl2FN3O3. The molecule has 38 heavy (non-hydrogen) atoms. The molecule has 0 fully saturated rings. The van der Waals surface area contributed by atoms with Gasteiger partial charge < -0.3 is 10.1 Å². The third kappa shape index (κ3) is 8.84. The number of esters is 1. The van der Waals surface area contributed by atoms with Crippen LogP contribution >= 0.6 is 23.2 Å². The lowest BCUT2D eigenvalue weighted by molar-refractivity contribution is -0.155. The smallest absolute Gasteiger partial charge is 0.308 e. The summed E-state index contributed by atoms with van der Waals surface area (Å²) in [6.07, 6.45) is 0.607. The Morgan fingerprint density at radius 2 is 1.63 bits per heavy atom. The molecule has 1 aromatic heterocycles. The van der Waals surface area contributed by atoms with Crippen molar-refractivity contribution in [3.8, 4) is 16.9 Å². The molecule has 0 unspecified atom stereocenters. The van der Waals surface area contributed by atoms with Crippen LogP contribution in [-0.4, -0.2) is 33.3 Å². The van der Waals surface area contributed by atoms with E-state index >= 15 is 0 Å². The number of benzene rings is 2. The number of nitrogens with one attached hydrogen (secondary N) is 1. The Bertz CT molecular complexity index is 1210. The highest BCUT2D eigenvalue weighted by Gasteiger charge is 2.25. The van der Waals surface area contributed by atoms with Crippen molar-refractivity contribution < 1.29 is 18.7 Å². The van der Waals surface area contributed by atoms with Crippen LogP contribution in [-0.2, 0) is 9.53 Å². The van der Waals surface area contributed by atoms with Crippen molar-refractivity contribution in [1.82, 2.24) is 15.1 Å². The lowest BCUT2D eigenvalue weighted by Gasteiger charge is -2.23. The maximum Gasteiger partial charge on any atom is 0.308 e. The Morgan fingerprint density at radius 3 is 2.16 bits per heavy atom. The normalized spacial score (nSPS) is 12.0. The number of carbonyl (C=O) groups excluding carboxylic acids is 2. The third-order valence-corrected chi connectivity index (χ3v) is 5.79. The van der Waals surface area contributed by atoms with Gasteiger partial charge >= 0.3 is 5.97 Å². The second-order valence-corrected chi connectivity index (χ2v) is 10.8. The first kappa shape index (κ1) is 31.3. The molecule has 2 aromatic carbocycles. The standard InChI is InChI=1S/C27H30Cl2FN3O3.C2H6/c1-16(2)13-18(14-24(34)36-27(3,4)5)31-26(35)22-15-23(25-20(28)7-6-8-21(25)29)33(32-22)19-11-9-17(30)10-12-19;1-2/h6-12,15-16,18H,13-14H2,1-5H3,(H,31,35);1-2H3/t18-;/m0./s1. The summed E-state index contributed by atoms with van der Waals surface area (Å²) in [5.41, 5.74) is 0.955. The van der Waals surface area contributed by atoms with Crippen molar-refractivity contribution in [2.24, 2.45) is 5.92 Å². The number of carbonyl (C=O) groups is 2. The van der Waals surface area contributed by atoms with Gasteiger partial charge in [-0.15, -0.1) is 0 Å². The highest BCUT2D eigenvalue weighted by molar-refractivity contribution is 6.39. The molecule has 0 aliphatic carbocycles. The van der Waals surface area contributed by atoms with Gasteiger partial charge in [0.25, 0.3) is 5.91 Å². The largest absolute Gasteiger partial charge is 0.460 e. The van der Waals surface area contributed by atoms with Gasteiger partial charge in [0, 0.05) is 11.6 Å². The molecule has 9 heteroatoms. The van der Waals surface area contributed by atoms with Crippen LogP contribution in [0.5, 0.6) is 0 Å². The van der Waals surface area contributed by atoms with Crippen LogP contribution in [0.15, 0.2) is 48.5 Å². The van der Waals surface area contributed by atoms with E-state index in [0.717, 1.165) is 0 Å². The van der Waals surface area contributed by atoms with E-state index in [1.165, 1.54) is 16.8 Å². The maximum atomic E-state index is 13.6. The summed E-state index contributed by atoms with van der Waals surface area (Å²) >= 11 is 12.9. The van der Waals surface area contributed by atoms with E-state index in [9.17, 15) is 14.0 Å². The molecular weight excluding hydrogens is 528 g/mol. The first-order valence-electron chi connectivity index (χ1n) is 12.7. The fourth-order valence-electron chi connectivity index (χ4n) is 3.80. The minimum absolute atomic E-state index is 0.0308. The van der Waals surface area contributed by atoms with Crippen molar-refractivity contribution >= 4 is 35.1 Å². The Labute approximate surface area is 234 Å². The Hall–Kier alpha value is -2.90. The molecule has 1 atom stereocenters. The van der Waals surface area contributed by atoms with Gasteiger partial charge in [0.2, 0.25) is 0 Å². The van der Waals surface area contributed by atoms with E-state index in [1.54, 1.807) is 57.2 Å². The average Bonchev–Trinajstić information content (AvgIpc) is 3.24. The summed E-state index contributed by atoms with van der Waals surface area (Å²) < 4.78 is 20.5. The highest BCUT2D eigenvalue weighted by Crippen LogP contribution is 2.36. The summed E-state index contributed by atoms with van der Waals surface area (Å²) in [4.78, 5) is 25.7. The van der Waals surface area contributed by atoms with Crippen LogP contribution in [0.3, 0.4) is 0 Å². The molecule has 0 aliphatic heterocycles. The summed E-state index contributed by atoms with van der Waals surface area (Å²) in [5.74, 6) is -1.03. The maximum absolute atomic E-state index is 13.6. The van der Waals surface area contributed by atoms with Gasteiger partial charge in [0.1, 0.15) is 11.4 Å². The number of aromatic nitrogens is 2. The van der Waals surface area contributed by atoms with Crippen molar-refractivity contribution in [3.63, 3.8) is 0 Å². The number of amides is 1. The molecule has 6 nitrogen and oxygen atoms in total. The van der Waals surface area contributed by atoms with E-state index < -0.39 is 29.3 Å². The third-order valence-electron chi connectivity index (χ3n) is 5.16. The zero-order valence-corrected chi connectivity index (χ0v) is 24.5. The zero-order chi connectivity index (χ0) is 28.6. The fraction of sp³-hybridized carbons (Fsp3) is 0.414. The van der Waals surface area contributed by atoms with Crippen LogP contribution in [0.25, 0.3) is 16.9 Å². The zero-order valence-electron chi connectivity index (χ0n) is 22.9. The van der Waals surface area contributed by atoms with E-state index in [-0.39, 0.29) is 18.0 Å². The van der Waals surface area contributed by atoms with Gasteiger partial charge in [-0.3, -0.25) is 9.59 Å². The Balaban J connectivity index is 0.00000247.